The van der Waals surface area contributed by atoms with Crippen LogP contribution in [0, 0.1) is 0 Å². The molecule has 1 rings (SSSR count). The van der Waals surface area contributed by atoms with E-state index in [1.807, 2.05) is 24.1 Å². The molecule has 5 nitrogen and oxygen atoms in total. The molecule has 76 valence electrons. The summed E-state index contributed by atoms with van der Waals surface area (Å²) in [7, 11) is 1.97. The Morgan fingerprint density at radius 3 is 3.08 bits per heavy atom. The van der Waals surface area contributed by atoms with Crippen LogP contribution < -0.4 is 5.73 Å². The zero-order valence-corrected chi connectivity index (χ0v) is 8.88. The van der Waals surface area contributed by atoms with Crippen molar-refractivity contribution >= 4 is 16.9 Å². The number of likely N-dealkylation sites (N-methyl/N-ethyl adjacent to an activating group) is 1. The number of thioether (sulfide) groups is 1. The Morgan fingerprint density at radius 1 is 1.77 bits per heavy atom. The van der Waals surface area contributed by atoms with E-state index in [1.165, 1.54) is 0 Å². The van der Waals surface area contributed by atoms with Gasteiger partial charge in [-0.2, -0.15) is 0 Å². The summed E-state index contributed by atoms with van der Waals surface area (Å²) in [4.78, 5) is 0. The summed E-state index contributed by atoms with van der Waals surface area (Å²) >= 11 is 1.54. The summed E-state index contributed by atoms with van der Waals surface area (Å²) in [5, 5.41) is 8.60. The highest BCUT2D eigenvalue weighted by atomic mass is 32.2. The Hall–Kier alpha value is -0.460. The van der Waals surface area contributed by atoms with Gasteiger partial charge in [-0.25, -0.2) is 10.1 Å². The Bertz CT molecular complexity index is 187. The average molecular weight is 204 g/mol. The first-order valence-electron chi connectivity index (χ1n) is 4.27. The van der Waals surface area contributed by atoms with Crippen LogP contribution in [-0.2, 0) is 4.74 Å². The van der Waals surface area contributed by atoms with Gasteiger partial charge in [0.1, 0.15) is 5.88 Å². The number of amidine groups is 1. The molecule has 1 aliphatic heterocycles. The van der Waals surface area contributed by atoms with E-state index in [0.717, 1.165) is 25.6 Å². The van der Waals surface area contributed by atoms with E-state index in [1.54, 1.807) is 11.8 Å². The van der Waals surface area contributed by atoms with Crippen molar-refractivity contribution in [3.05, 3.63) is 0 Å². The fourth-order valence-electron chi connectivity index (χ4n) is 0.927. The predicted molar refractivity (Wildman–Crippen MR) is 55.0 cm³/mol. The van der Waals surface area contributed by atoms with Crippen molar-refractivity contribution in [2.75, 3.05) is 32.7 Å². The molecule has 0 fully saturated rings. The minimum absolute atomic E-state index is 0.628. The van der Waals surface area contributed by atoms with Crippen LogP contribution in [0.25, 0.3) is 0 Å². The van der Waals surface area contributed by atoms with E-state index in [2.05, 4.69) is 5.10 Å². The summed E-state index contributed by atoms with van der Waals surface area (Å²) in [6.07, 6.45) is 0. The second kappa shape index (κ2) is 5.31. The lowest BCUT2D eigenvalue weighted by atomic mass is 10.6. The number of ether oxygens (including phenoxy) is 1. The highest BCUT2D eigenvalue weighted by Crippen LogP contribution is 2.14. The Labute approximate surface area is 82.9 Å². The predicted octanol–water partition coefficient (Wildman–Crippen LogP) is 0.106. The Morgan fingerprint density at radius 2 is 2.54 bits per heavy atom. The van der Waals surface area contributed by atoms with Gasteiger partial charge >= 0.3 is 0 Å². The largest absolute Gasteiger partial charge is 0.380 e. The number of nitrogens with zero attached hydrogens (tertiary/aromatic N) is 3. The molecular formula is C7H16N4OS. The molecule has 13 heavy (non-hydrogen) atoms. The topological polar surface area (TPSA) is 54.1 Å². The highest BCUT2D eigenvalue weighted by molar-refractivity contribution is 8.13. The van der Waals surface area contributed by atoms with Gasteiger partial charge in [-0.1, -0.05) is 11.8 Å². The Kier molecular flexibility index (Phi) is 4.34. The standard InChI is InChI=1S/C7H16N4OS/c1-3-12-5-4-10(2)11-6-13-7(8)9-11/h3-6H2,1-2H3,(H2,8,9). The van der Waals surface area contributed by atoms with Crippen molar-refractivity contribution in [1.82, 2.24) is 10.1 Å². The van der Waals surface area contributed by atoms with E-state index < -0.39 is 0 Å². The van der Waals surface area contributed by atoms with Gasteiger partial charge in [0.15, 0.2) is 5.17 Å². The van der Waals surface area contributed by atoms with E-state index in [4.69, 9.17) is 10.5 Å². The second-order valence-corrected chi connectivity index (χ2v) is 3.63. The zero-order valence-electron chi connectivity index (χ0n) is 8.06. The van der Waals surface area contributed by atoms with Gasteiger partial charge in [0.05, 0.1) is 6.61 Å². The molecule has 0 atom stereocenters. The fourth-order valence-corrected chi connectivity index (χ4v) is 1.58. The van der Waals surface area contributed by atoms with Gasteiger partial charge < -0.3 is 10.5 Å². The first kappa shape index (κ1) is 10.6. The smallest absolute Gasteiger partial charge is 0.181 e. The normalized spacial score (nSPS) is 16.8. The van der Waals surface area contributed by atoms with Crippen LogP contribution in [0.2, 0.25) is 0 Å². The van der Waals surface area contributed by atoms with E-state index >= 15 is 0 Å². The maximum atomic E-state index is 5.53. The number of nitrogens with two attached hydrogens (primary N) is 1. The van der Waals surface area contributed by atoms with Crippen molar-refractivity contribution in [2.24, 2.45) is 10.8 Å². The van der Waals surface area contributed by atoms with Crippen LogP contribution in [0.15, 0.2) is 5.10 Å². The van der Waals surface area contributed by atoms with Crippen molar-refractivity contribution in [3.63, 3.8) is 0 Å². The number of rotatable bonds is 5. The van der Waals surface area contributed by atoms with Crippen molar-refractivity contribution in [3.8, 4) is 0 Å². The third-order valence-electron chi connectivity index (χ3n) is 1.70. The molecule has 0 aromatic heterocycles. The second-order valence-electron chi connectivity index (χ2n) is 2.66. The van der Waals surface area contributed by atoms with Crippen LogP contribution in [0.4, 0.5) is 0 Å². The Balaban J connectivity index is 2.20. The minimum Gasteiger partial charge on any atom is -0.380 e. The van der Waals surface area contributed by atoms with Gasteiger partial charge in [-0.05, 0) is 6.92 Å². The molecule has 1 aliphatic rings. The summed E-state index contributed by atoms with van der Waals surface area (Å²) in [6.45, 7) is 4.31. The maximum absolute atomic E-state index is 5.53. The molecule has 6 heteroatoms. The molecule has 1 heterocycles. The molecular weight excluding hydrogens is 188 g/mol. The van der Waals surface area contributed by atoms with Gasteiger partial charge in [-0.3, -0.25) is 0 Å². The molecule has 0 saturated heterocycles. The van der Waals surface area contributed by atoms with E-state index in [9.17, 15) is 0 Å². The van der Waals surface area contributed by atoms with Crippen molar-refractivity contribution in [1.29, 1.82) is 0 Å². The molecule has 0 aliphatic carbocycles. The van der Waals surface area contributed by atoms with Crippen LogP contribution in [0.5, 0.6) is 0 Å². The van der Waals surface area contributed by atoms with Crippen LogP contribution >= 0.6 is 11.8 Å². The number of hydrazine groups is 1. The third kappa shape index (κ3) is 3.41. The molecule has 0 aromatic rings. The number of hydrogen-bond acceptors (Lipinski definition) is 6. The van der Waals surface area contributed by atoms with Crippen LogP contribution in [-0.4, -0.2) is 48.0 Å². The summed E-state index contributed by atoms with van der Waals surface area (Å²) in [5.74, 6) is 0.800. The van der Waals surface area contributed by atoms with Gasteiger partial charge in [-0.15, -0.1) is 5.10 Å². The van der Waals surface area contributed by atoms with Crippen molar-refractivity contribution < 1.29 is 4.74 Å². The maximum Gasteiger partial charge on any atom is 0.181 e. The number of hydrazone groups is 1. The summed E-state index contributed by atoms with van der Waals surface area (Å²) < 4.78 is 5.24. The van der Waals surface area contributed by atoms with Gasteiger partial charge in [0, 0.05) is 20.2 Å². The molecule has 0 radical (unpaired) electrons. The minimum atomic E-state index is 0.628. The van der Waals surface area contributed by atoms with Crippen LogP contribution in [0.1, 0.15) is 6.92 Å². The van der Waals surface area contributed by atoms with E-state index in [-0.39, 0.29) is 0 Å². The quantitative estimate of drug-likeness (QED) is 0.644. The lowest BCUT2D eigenvalue weighted by Gasteiger charge is -2.24. The fraction of sp³-hybridized carbons (Fsp3) is 0.857. The number of hydrogen-bond donors (Lipinski definition) is 1. The molecule has 0 aromatic carbocycles. The molecule has 2 N–H and O–H groups in total. The summed E-state index contributed by atoms with van der Waals surface area (Å²) in [5.41, 5.74) is 5.53. The third-order valence-corrected chi connectivity index (χ3v) is 2.44. The van der Waals surface area contributed by atoms with Gasteiger partial charge in [0.25, 0.3) is 0 Å². The van der Waals surface area contributed by atoms with E-state index in [0.29, 0.717) is 5.17 Å². The first-order valence-corrected chi connectivity index (χ1v) is 5.25. The average Bonchev–Trinajstić information content (AvgIpc) is 2.52. The lowest BCUT2D eigenvalue weighted by molar-refractivity contribution is -0.00123. The zero-order chi connectivity index (χ0) is 9.68. The molecule has 0 saturated carbocycles. The summed E-state index contributed by atoms with van der Waals surface area (Å²) in [6, 6.07) is 0. The first-order chi connectivity index (χ1) is 6.24. The highest BCUT2D eigenvalue weighted by Gasteiger charge is 2.15. The molecule has 0 bridgehead atoms. The van der Waals surface area contributed by atoms with Crippen LogP contribution in [0.3, 0.4) is 0 Å². The molecule has 0 amide bonds. The monoisotopic (exact) mass is 204 g/mol. The molecule has 0 unspecified atom stereocenters. The van der Waals surface area contributed by atoms with Gasteiger partial charge in [0.2, 0.25) is 0 Å². The SMILES string of the molecule is CCOCCN(C)N1CSC(N)=N1. The lowest BCUT2D eigenvalue weighted by Crippen LogP contribution is -2.36. The van der Waals surface area contributed by atoms with Crippen molar-refractivity contribution in [2.45, 2.75) is 6.92 Å². The molecule has 0 spiro atoms.